The van der Waals surface area contributed by atoms with Gasteiger partial charge in [-0.1, -0.05) is 0 Å². The molecule has 0 spiro atoms. The van der Waals surface area contributed by atoms with Gasteiger partial charge in [0.1, 0.15) is 6.54 Å². The average molecular weight is 221 g/mol. The molecular weight excluding hydrogens is 206 g/mol. The summed E-state index contributed by atoms with van der Waals surface area (Å²) in [6, 6.07) is 0.146. The lowest BCUT2D eigenvalue weighted by Gasteiger charge is -2.00. The van der Waals surface area contributed by atoms with E-state index in [1.54, 1.807) is 11.7 Å². The molecule has 0 saturated carbocycles. The average Bonchev–Trinajstić information content (AvgIpc) is 2.76. The van der Waals surface area contributed by atoms with Gasteiger partial charge in [0, 0.05) is 12.2 Å². The lowest BCUT2D eigenvalue weighted by molar-refractivity contribution is 0.617. The van der Waals surface area contributed by atoms with Crippen molar-refractivity contribution in [2.24, 2.45) is 12.8 Å². The third-order valence-corrected chi connectivity index (χ3v) is 2.10. The van der Waals surface area contributed by atoms with Crippen LogP contribution >= 0.6 is 0 Å². The number of aryl methyl sites for hydroxylation is 1. The van der Waals surface area contributed by atoms with E-state index in [0.29, 0.717) is 12.4 Å². The van der Waals surface area contributed by atoms with Gasteiger partial charge in [0.15, 0.2) is 5.82 Å². The zero-order valence-electron chi connectivity index (χ0n) is 9.41. The molecule has 0 radical (unpaired) electrons. The highest BCUT2D eigenvalue weighted by molar-refractivity contribution is 5.06. The molecule has 1 atom stereocenters. The van der Waals surface area contributed by atoms with E-state index >= 15 is 0 Å². The molecule has 2 rings (SSSR count). The smallest absolute Gasteiger partial charge is 0.196 e. The van der Waals surface area contributed by atoms with Crippen molar-refractivity contribution in [2.45, 2.75) is 25.9 Å². The fourth-order valence-corrected chi connectivity index (χ4v) is 1.50. The minimum atomic E-state index is 0.146. The van der Waals surface area contributed by atoms with Crippen LogP contribution in [0.3, 0.4) is 0 Å². The molecule has 0 amide bonds. The van der Waals surface area contributed by atoms with Crippen LogP contribution in [0.2, 0.25) is 0 Å². The number of nitrogens with zero attached hydrogens (tertiary/aromatic N) is 6. The first-order valence-corrected chi connectivity index (χ1v) is 5.13. The summed E-state index contributed by atoms with van der Waals surface area (Å²) in [7, 11) is 1.74. The van der Waals surface area contributed by atoms with Gasteiger partial charge in [-0.25, -0.2) is 0 Å². The van der Waals surface area contributed by atoms with Gasteiger partial charge in [0.2, 0.25) is 0 Å². The zero-order valence-corrected chi connectivity index (χ0v) is 9.41. The van der Waals surface area contributed by atoms with E-state index in [0.717, 1.165) is 12.0 Å². The van der Waals surface area contributed by atoms with Gasteiger partial charge in [-0.2, -0.15) is 9.90 Å². The van der Waals surface area contributed by atoms with Gasteiger partial charge < -0.3 is 5.73 Å². The third kappa shape index (κ3) is 2.63. The molecule has 7 nitrogen and oxygen atoms in total. The first-order chi connectivity index (χ1) is 7.63. The largest absolute Gasteiger partial charge is 0.328 e. The maximum Gasteiger partial charge on any atom is 0.196 e. The van der Waals surface area contributed by atoms with E-state index in [1.165, 1.54) is 4.80 Å². The first kappa shape index (κ1) is 10.7. The highest BCUT2D eigenvalue weighted by Crippen LogP contribution is 2.02. The number of hydrogen-bond acceptors (Lipinski definition) is 5. The monoisotopic (exact) mass is 221 g/mol. The molecule has 0 bridgehead atoms. The molecular formula is C9H15N7. The number of tetrazole rings is 1. The van der Waals surface area contributed by atoms with Crippen LogP contribution in [0.5, 0.6) is 0 Å². The van der Waals surface area contributed by atoms with Crippen LogP contribution < -0.4 is 5.73 Å². The van der Waals surface area contributed by atoms with E-state index in [4.69, 9.17) is 5.73 Å². The molecule has 1 unspecified atom stereocenters. The van der Waals surface area contributed by atoms with E-state index in [9.17, 15) is 0 Å². The van der Waals surface area contributed by atoms with E-state index < -0.39 is 0 Å². The highest BCUT2D eigenvalue weighted by Gasteiger charge is 2.05. The van der Waals surface area contributed by atoms with Crippen molar-refractivity contribution < 1.29 is 0 Å². The molecule has 0 aliphatic heterocycles. The van der Waals surface area contributed by atoms with Crippen molar-refractivity contribution in [1.29, 1.82) is 0 Å². The fourth-order valence-electron chi connectivity index (χ4n) is 1.50. The number of hydrogen-bond donors (Lipinski definition) is 1. The molecule has 16 heavy (non-hydrogen) atoms. The van der Waals surface area contributed by atoms with Crippen molar-refractivity contribution in [3.8, 4) is 0 Å². The molecule has 0 aromatic carbocycles. The van der Waals surface area contributed by atoms with Crippen molar-refractivity contribution in [3.63, 3.8) is 0 Å². The van der Waals surface area contributed by atoms with Crippen molar-refractivity contribution in [2.75, 3.05) is 0 Å². The summed E-state index contributed by atoms with van der Waals surface area (Å²) in [6.07, 6.45) is 4.60. The molecule has 86 valence electrons. The van der Waals surface area contributed by atoms with Gasteiger partial charge in [-0.3, -0.25) is 4.68 Å². The van der Waals surface area contributed by atoms with Crippen LogP contribution in [0.25, 0.3) is 0 Å². The molecule has 0 aliphatic rings. The molecule has 2 heterocycles. The molecule has 2 aromatic heterocycles. The topological polar surface area (TPSA) is 87.4 Å². The Morgan fingerprint density at radius 2 is 2.31 bits per heavy atom. The van der Waals surface area contributed by atoms with Gasteiger partial charge in [0.05, 0.1) is 13.2 Å². The Labute approximate surface area is 93.2 Å². The number of nitrogens with two attached hydrogens (primary N) is 1. The second kappa shape index (κ2) is 4.40. The number of rotatable bonds is 4. The van der Waals surface area contributed by atoms with E-state index in [2.05, 4.69) is 20.5 Å². The molecule has 0 fully saturated rings. The summed E-state index contributed by atoms with van der Waals surface area (Å²) >= 11 is 0. The normalized spacial score (nSPS) is 12.9. The Morgan fingerprint density at radius 3 is 2.94 bits per heavy atom. The van der Waals surface area contributed by atoms with Crippen LogP contribution in [0.4, 0.5) is 0 Å². The summed E-state index contributed by atoms with van der Waals surface area (Å²) in [5.41, 5.74) is 6.84. The van der Waals surface area contributed by atoms with Crippen LogP contribution in [0, 0.1) is 0 Å². The summed E-state index contributed by atoms with van der Waals surface area (Å²) < 4.78 is 1.79. The van der Waals surface area contributed by atoms with Gasteiger partial charge in [-0.05, 0) is 24.1 Å². The predicted molar refractivity (Wildman–Crippen MR) is 57.5 cm³/mol. The summed E-state index contributed by atoms with van der Waals surface area (Å²) in [4.78, 5) is 1.43. The molecule has 2 N–H and O–H groups in total. The lowest BCUT2D eigenvalue weighted by Crippen LogP contribution is -2.17. The van der Waals surface area contributed by atoms with Crippen LogP contribution in [-0.2, 0) is 20.0 Å². The maximum atomic E-state index is 5.71. The maximum absolute atomic E-state index is 5.71. The standard InChI is InChI=1S/C9H15N7/c1-7(10)3-8-4-11-16(5-8)6-9-12-14-15(2)13-9/h4-5,7H,3,6,10H2,1-2H3. The van der Waals surface area contributed by atoms with Gasteiger partial charge in [-0.15, -0.1) is 10.2 Å². The van der Waals surface area contributed by atoms with E-state index in [-0.39, 0.29) is 6.04 Å². The minimum Gasteiger partial charge on any atom is -0.328 e. The fraction of sp³-hybridized carbons (Fsp3) is 0.556. The quantitative estimate of drug-likeness (QED) is 0.741. The molecule has 7 heteroatoms. The molecule has 2 aromatic rings. The van der Waals surface area contributed by atoms with Crippen LogP contribution in [-0.4, -0.2) is 36.0 Å². The van der Waals surface area contributed by atoms with Crippen molar-refractivity contribution in [3.05, 3.63) is 23.8 Å². The highest BCUT2D eigenvalue weighted by atomic mass is 15.6. The summed E-state index contributed by atoms with van der Waals surface area (Å²) in [5, 5.41) is 16.0. The Kier molecular flexibility index (Phi) is 2.95. The lowest BCUT2D eigenvalue weighted by atomic mass is 10.1. The van der Waals surface area contributed by atoms with Gasteiger partial charge >= 0.3 is 0 Å². The van der Waals surface area contributed by atoms with Crippen molar-refractivity contribution >= 4 is 0 Å². The molecule has 0 saturated heterocycles. The van der Waals surface area contributed by atoms with Crippen LogP contribution in [0.1, 0.15) is 18.3 Å². The Morgan fingerprint density at radius 1 is 1.50 bits per heavy atom. The van der Waals surface area contributed by atoms with Crippen molar-refractivity contribution in [1.82, 2.24) is 30.0 Å². The molecule has 0 aliphatic carbocycles. The second-order valence-corrected chi connectivity index (χ2v) is 3.92. The number of aromatic nitrogens is 6. The second-order valence-electron chi connectivity index (χ2n) is 3.92. The Hall–Kier alpha value is -1.76. The third-order valence-electron chi connectivity index (χ3n) is 2.10. The zero-order chi connectivity index (χ0) is 11.5. The Balaban J connectivity index is 2.02. The van der Waals surface area contributed by atoms with E-state index in [1.807, 2.05) is 19.3 Å². The Bertz CT molecular complexity index is 456. The SMILES string of the molecule is CC(N)Cc1cnn(Cc2nnn(C)n2)c1. The predicted octanol–water partition coefficient (Wildman–Crippen LogP) is -0.655. The minimum absolute atomic E-state index is 0.146. The van der Waals surface area contributed by atoms with Gasteiger partial charge in [0.25, 0.3) is 0 Å². The summed E-state index contributed by atoms with van der Waals surface area (Å²) in [6.45, 7) is 2.51. The summed E-state index contributed by atoms with van der Waals surface area (Å²) in [5.74, 6) is 0.651. The first-order valence-electron chi connectivity index (χ1n) is 5.13. The van der Waals surface area contributed by atoms with Crippen LogP contribution in [0.15, 0.2) is 12.4 Å².